The molecule has 20 heavy (non-hydrogen) atoms. The summed E-state index contributed by atoms with van der Waals surface area (Å²) in [6, 6.07) is 5.69. The van der Waals surface area contributed by atoms with E-state index >= 15 is 0 Å². The predicted molar refractivity (Wildman–Crippen MR) is 76.9 cm³/mol. The highest BCUT2D eigenvalue weighted by Crippen LogP contribution is 2.36. The Kier molecular flexibility index (Phi) is 3.53. The van der Waals surface area contributed by atoms with E-state index in [1.54, 1.807) is 12.1 Å². The summed E-state index contributed by atoms with van der Waals surface area (Å²) in [6.07, 6.45) is 3.71. The lowest BCUT2D eigenvalue weighted by molar-refractivity contribution is 0.0257. The number of nitrogens with zero attached hydrogens (tertiary/aromatic N) is 1. The van der Waals surface area contributed by atoms with Crippen LogP contribution in [0.2, 0.25) is 0 Å². The number of nitrogen functional groups attached to an aromatic ring is 1. The summed E-state index contributed by atoms with van der Waals surface area (Å²) >= 11 is 0. The maximum Gasteiger partial charge on any atom is 0.337 e. The minimum Gasteiger partial charge on any atom is -0.465 e. The van der Waals surface area contributed by atoms with Crippen LogP contribution >= 0.6 is 0 Å². The molecule has 1 aromatic rings. The van der Waals surface area contributed by atoms with E-state index in [2.05, 4.69) is 4.90 Å². The van der Waals surface area contributed by atoms with Gasteiger partial charge in [0.15, 0.2) is 0 Å². The smallest absolute Gasteiger partial charge is 0.337 e. The van der Waals surface area contributed by atoms with Crippen molar-refractivity contribution in [2.24, 2.45) is 0 Å². The van der Waals surface area contributed by atoms with Crippen molar-refractivity contribution >= 4 is 17.3 Å². The maximum atomic E-state index is 11.7. The Bertz CT molecular complexity index is 518. The molecule has 2 N–H and O–H groups in total. The Morgan fingerprint density at radius 3 is 3.10 bits per heavy atom. The van der Waals surface area contributed by atoms with Gasteiger partial charge in [-0.1, -0.05) is 0 Å². The van der Waals surface area contributed by atoms with E-state index in [9.17, 15) is 4.79 Å². The fourth-order valence-corrected chi connectivity index (χ4v) is 3.26. The van der Waals surface area contributed by atoms with E-state index in [1.165, 1.54) is 13.5 Å². The van der Waals surface area contributed by atoms with Gasteiger partial charge in [0, 0.05) is 6.54 Å². The molecule has 5 nitrogen and oxygen atoms in total. The van der Waals surface area contributed by atoms with Gasteiger partial charge in [-0.3, -0.25) is 0 Å². The zero-order valence-corrected chi connectivity index (χ0v) is 11.7. The van der Waals surface area contributed by atoms with Crippen molar-refractivity contribution in [3.05, 3.63) is 23.8 Å². The summed E-state index contributed by atoms with van der Waals surface area (Å²) in [5, 5.41) is 0. The Hall–Kier alpha value is -1.75. The predicted octanol–water partition coefficient (Wildman–Crippen LogP) is 1.81. The summed E-state index contributed by atoms with van der Waals surface area (Å²) in [7, 11) is 1.39. The molecule has 0 aromatic heterocycles. The van der Waals surface area contributed by atoms with Crippen LogP contribution in [0.15, 0.2) is 18.2 Å². The van der Waals surface area contributed by atoms with E-state index in [-0.39, 0.29) is 5.97 Å². The topological polar surface area (TPSA) is 64.8 Å². The lowest BCUT2D eigenvalue weighted by atomic mass is 10.1. The summed E-state index contributed by atoms with van der Waals surface area (Å²) < 4.78 is 10.6. The number of esters is 1. The summed E-state index contributed by atoms with van der Waals surface area (Å²) in [5.41, 5.74) is 8.27. The van der Waals surface area contributed by atoms with Gasteiger partial charge in [-0.25, -0.2) is 4.79 Å². The molecule has 1 aliphatic heterocycles. The lowest BCUT2D eigenvalue weighted by Crippen LogP contribution is -2.48. The molecule has 0 radical (unpaired) electrons. The molecular weight excluding hydrogens is 256 g/mol. The lowest BCUT2D eigenvalue weighted by Gasteiger charge is -2.40. The third kappa shape index (κ3) is 2.22. The van der Waals surface area contributed by atoms with Gasteiger partial charge in [0.2, 0.25) is 0 Å². The minimum atomic E-state index is -0.331. The van der Waals surface area contributed by atoms with Gasteiger partial charge in [0.05, 0.1) is 42.8 Å². The second kappa shape index (κ2) is 5.32. The number of anilines is 2. The van der Waals surface area contributed by atoms with Gasteiger partial charge < -0.3 is 20.1 Å². The monoisotopic (exact) mass is 276 g/mol. The van der Waals surface area contributed by atoms with Crippen molar-refractivity contribution in [2.75, 3.05) is 30.9 Å². The average Bonchev–Trinajstić information content (AvgIpc) is 2.95. The molecule has 0 bridgehead atoms. The average molecular weight is 276 g/mol. The molecule has 1 aliphatic carbocycles. The van der Waals surface area contributed by atoms with Crippen LogP contribution in [-0.2, 0) is 9.47 Å². The quantitative estimate of drug-likeness (QED) is 0.659. The van der Waals surface area contributed by atoms with E-state index in [0.717, 1.165) is 25.1 Å². The highest BCUT2D eigenvalue weighted by atomic mass is 16.5. The Balaban J connectivity index is 1.93. The second-order valence-corrected chi connectivity index (χ2v) is 5.37. The third-order valence-corrected chi connectivity index (χ3v) is 4.24. The number of rotatable bonds is 2. The molecule has 2 aliphatic rings. The van der Waals surface area contributed by atoms with Gasteiger partial charge in [0.25, 0.3) is 0 Å². The first kappa shape index (κ1) is 13.2. The van der Waals surface area contributed by atoms with Crippen LogP contribution in [0.4, 0.5) is 11.4 Å². The van der Waals surface area contributed by atoms with Gasteiger partial charge in [0.1, 0.15) is 0 Å². The molecular formula is C15H20N2O3. The molecule has 1 aromatic carbocycles. The highest BCUT2D eigenvalue weighted by molar-refractivity contribution is 5.92. The molecule has 1 saturated heterocycles. The van der Waals surface area contributed by atoms with Crippen LogP contribution in [0.3, 0.4) is 0 Å². The van der Waals surface area contributed by atoms with Crippen LogP contribution in [0.25, 0.3) is 0 Å². The first-order chi connectivity index (χ1) is 9.70. The minimum absolute atomic E-state index is 0.296. The van der Waals surface area contributed by atoms with Crippen LogP contribution in [0.5, 0.6) is 0 Å². The summed E-state index contributed by atoms with van der Waals surface area (Å²) in [4.78, 5) is 14.0. The Labute approximate surface area is 118 Å². The number of ether oxygens (including phenoxy) is 2. The van der Waals surface area contributed by atoms with E-state index in [4.69, 9.17) is 15.2 Å². The third-order valence-electron chi connectivity index (χ3n) is 4.24. The molecule has 2 fully saturated rings. The van der Waals surface area contributed by atoms with Gasteiger partial charge in [-0.2, -0.15) is 0 Å². The number of carbonyl (C=O) groups excluding carboxylic acids is 1. The fraction of sp³-hybridized carbons (Fsp3) is 0.533. The zero-order valence-electron chi connectivity index (χ0n) is 11.7. The summed E-state index contributed by atoms with van der Waals surface area (Å²) in [5.74, 6) is -0.331. The standard InChI is InChI=1S/C15H20N2O3/c1-19-15(18)10-5-6-11(16)13(9-10)17-7-8-20-14-4-2-3-12(14)17/h5-6,9,12,14H,2-4,7-8,16H2,1H3. The first-order valence-corrected chi connectivity index (χ1v) is 7.07. The van der Waals surface area contributed by atoms with Gasteiger partial charge >= 0.3 is 5.97 Å². The van der Waals surface area contributed by atoms with Crippen molar-refractivity contribution in [1.82, 2.24) is 0 Å². The molecule has 1 heterocycles. The Morgan fingerprint density at radius 2 is 2.30 bits per heavy atom. The molecule has 0 amide bonds. The van der Waals surface area contributed by atoms with Crippen molar-refractivity contribution in [1.29, 1.82) is 0 Å². The van der Waals surface area contributed by atoms with Crippen molar-refractivity contribution in [3.8, 4) is 0 Å². The van der Waals surface area contributed by atoms with Crippen LogP contribution in [0, 0.1) is 0 Å². The van der Waals surface area contributed by atoms with E-state index in [1.807, 2.05) is 6.07 Å². The number of methoxy groups -OCH3 is 1. The van der Waals surface area contributed by atoms with Crippen molar-refractivity contribution < 1.29 is 14.3 Å². The Morgan fingerprint density at radius 1 is 1.45 bits per heavy atom. The number of morpholine rings is 1. The van der Waals surface area contributed by atoms with E-state index in [0.29, 0.717) is 30.0 Å². The molecule has 2 atom stereocenters. The number of hydrogen-bond donors (Lipinski definition) is 1. The first-order valence-electron chi connectivity index (χ1n) is 7.07. The SMILES string of the molecule is COC(=O)c1ccc(N)c(N2CCOC3CCCC32)c1. The van der Waals surface area contributed by atoms with Crippen LogP contribution in [-0.4, -0.2) is 38.4 Å². The maximum absolute atomic E-state index is 11.7. The van der Waals surface area contributed by atoms with Crippen LogP contribution in [0.1, 0.15) is 29.6 Å². The van der Waals surface area contributed by atoms with Crippen molar-refractivity contribution in [3.63, 3.8) is 0 Å². The van der Waals surface area contributed by atoms with Crippen LogP contribution < -0.4 is 10.6 Å². The normalized spacial score (nSPS) is 25.4. The highest BCUT2D eigenvalue weighted by Gasteiger charge is 2.36. The fourth-order valence-electron chi connectivity index (χ4n) is 3.26. The number of benzene rings is 1. The second-order valence-electron chi connectivity index (χ2n) is 5.37. The molecule has 5 heteroatoms. The van der Waals surface area contributed by atoms with E-state index < -0.39 is 0 Å². The molecule has 0 spiro atoms. The number of nitrogens with two attached hydrogens (primary N) is 1. The molecule has 108 valence electrons. The van der Waals surface area contributed by atoms with Gasteiger partial charge in [-0.05, 0) is 37.5 Å². The zero-order chi connectivity index (χ0) is 14.1. The van der Waals surface area contributed by atoms with Gasteiger partial charge in [-0.15, -0.1) is 0 Å². The molecule has 3 rings (SSSR count). The number of hydrogen-bond acceptors (Lipinski definition) is 5. The largest absolute Gasteiger partial charge is 0.465 e. The molecule has 1 saturated carbocycles. The van der Waals surface area contributed by atoms with Crippen molar-refractivity contribution in [2.45, 2.75) is 31.4 Å². The number of fused-ring (bicyclic) bond motifs is 1. The number of carbonyl (C=O) groups is 1. The molecule has 2 unspecified atom stereocenters. The summed E-state index contributed by atoms with van der Waals surface area (Å²) in [6.45, 7) is 1.53.